The molecule has 1 aliphatic rings. The van der Waals surface area contributed by atoms with E-state index in [1.165, 1.54) is 13.2 Å². The number of nitrogens with one attached hydrogen (secondary N) is 1. The van der Waals surface area contributed by atoms with Crippen LogP contribution in [0.5, 0.6) is 0 Å². The number of hydrogen-bond donors (Lipinski definition) is 1. The number of carbonyl (C=O) groups excluding carboxylic acids is 1. The Hall–Kier alpha value is -1.81. The minimum Gasteiger partial charge on any atom is -0.465 e. The second kappa shape index (κ2) is 8.28. The molecule has 3 rings (SSSR count). The molecule has 0 saturated carbocycles. The van der Waals surface area contributed by atoms with Crippen LogP contribution >= 0.6 is 11.3 Å². The normalized spacial score (nSPS) is 14.9. The summed E-state index contributed by atoms with van der Waals surface area (Å²) in [5, 5.41) is 0. The van der Waals surface area contributed by atoms with Gasteiger partial charge in [0.25, 0.3) is 10.0 Å². The molecule has 0 radical (unpaired) electrons. The van der Waals surface area contributed by atoms with Crippen LogP contribution in [0.1, 0.15) is 40.2 Å². The van der Waals surface area contributed by atoms with Gasteiger partial charge in [0.2, 0.25) is 0 Å². The van der Waals surface area contributed by atoms with Crippen LogP contribution < -0.4 is 4.72 Å². The maximum atomic E-state index is 14.0. The number of ether oxygens (including phenoxy) is 1. The van der Waals surface area contributed by atoms with Crippen LogP contribution in [0.2, 0.25) is 0 Å². The van der Waals surface area contributed by atoms with Crippen molar-refractivity contribution < 1.29 is 22.3 Å². The molecule has 0 fully saturated rings. The molecule has 0 aliphatic carbocycles. The second-order valence-electron chi connectivity index (χ2n) is 6.99. The zero-order chi connectivity index (χ0) is 20.5. The topological polar surface area (TPSA) is 75.7 Å². The summed E-state index contributed by atoms with van der Waals surface area (Å²) in [6, 6.07) is 6.30. The summed E-state index contributed by atoms with van der Waals surface area (Å²) in [4.78, 5) is 15.2. The standard InChI is InChI=1S/C19H23FN2O4S2/c1-12(2)21-28(24,25)19-17(18(23)26-3)14-8-9-22(11-16(14)27-19)10-13-6-4-5-7-15(13)20/h4-7,12,21H,8-11H2,1-3H3. The van der Waals surface area contributed by atoms with Crippen molar-refractivity contribution in [1.82, 2.24) is 9.62 Å². The molecular formula is C19H23FN2O4S2. The lowest BCUT2D eigenvalue weighted by Gasteiger charge is -2.27. The summed E-state index contributed by atoms with van der Waals surface area (Å²) in [6.07, 6.45) is 0.502. The van der Waals surface area contributed by atoms with Crippen molar-refractivity contribution in [1.29, 1.82) is 0 Å². The average Bonchev–Trinajstić information content (AvgIpc) is 3.02. The van der Waals surface area contributed by atoms with Gasteiger partial charge in [-0.05, 0) is 31.9 Å². The molecule has 28 heavy (non-hydrogen) atoms. The fourth-order valence-corrected chi connectivity index (χ4v) is 6.49. The van der Waals surface area contributed by atoms with Crippen LogP contribution in [0, 0.1) is 5.82 Å². The Labute approximate surface area is 168 Å². The average molecular weight is 427 g/mol. The van der Waals surface area contributed by atoms with Gasteiger partial charge in [-0.3, -0.25) is 4.90 Å². The maximum absolute atomic E-state index is 14.0. The van der Waals surface area contributed by atoms with Crippen LogP contribution in [0.3, 0.4) is 0 Å². The first-order valence-electron chi connectivity index (χ1n) is 8.94. The Bertz CT molecular complexity index is 986. The van der Waals surface area contributed by atoms with Gasteiger partial charge in [-0.1, -0.05) is 18.2 Å². The molecule has 1 aromatic heterocycles. The maximum Gasteiger partial charge on any atom is 0.340 e. The van der Waals surface area contributed by atoms with Crippen molar-refractivity contribution in [3.63, 3.8) is 0 Å². The number of rotatable bonds is 6. The zero-order valence-electron chi connectivity index (χ0n) is 16.0. The molecule has 1 aromatic carbocycles. The lowest BCUT2D eigenvalue weighted by molar-refractivity contribution is 0.0595. The lowest BCUT2D eigenvalue weighted by atomic mass is 10.0. The highest BCUT2D eigenvalue weighted by Crippen LogP contribution is 2.37. The number of sulfonamides is 1. The van der Waals surface area contributed by atoms with E-state index in [0.29, 0.717) is 37.2 Å². The quantitative estimate of drug-likeness (QED) is 0.719. The van der Waals surface area contributed by atoms with E-state index in [4.69, 9.17) is 4.74 Å². The molecule has 2 aromatic rings. The highest BCUT2D eigenvalue weighted by molar-refractivity contribution is 7.91. The number of fused-ring (bicyclic) bond motifs is 1. The van der Waals surface area contributed by atoms with Crippen molar-refractivity contribution in [3.8, 4) is 0 Å². The van der Waals surface area contributed by atoms with Crippen molar-refractivity contribution in [3.05, 3.63) is 51.7 Å². The molecule has 0 bridgehead atoms. The van der Waals surface area contributed by atoms with Crippen LogP contribution in [0.4, 0.5) is 4.39 Å². The lowest BCUT2D eigenvalue weighted by Crippen LogP contribution is -2.31. The van der Waals surface area contributed by atoms with E-state index in [2.05, 4.69) is 4.72 Å². The van der Waals surface area contributed by atoms with Crippen molar-refractivity contribution in [2.75, 3.05) is 13.7 Å². The van der Waals surface area contributed by atoms with Crippen LogP contribution in [0.25, 0.3) is 0 Å². The number of esters is 1. The number of thiophene rings is 1. The van der Waals surface area contributed by atoms with E-state index in [9.17, 15) is 17.6 Å². The monoisotopic (exact) mass is 426 g/mol. The number of methoxy groups -OCH3 is 1. The fourth-order valence-electron chi connectivity index (χ4n) is 3.30. The summed E-state index contributed by atoms with van der Waals surface area (Å²) in [6.45, 7) is 4.91. The van der Waals surface area contributed by atoms with Gasteiger partial charge in [-0.2, -0.15) is 0 Å². The molecule has 0 atom stereocenters. The fraction of sp³-hybridized carbons (Fsp3) is 0.421. The third kappa shape index (κ3) is 4.27. The Morgan fingerprint density at radius 2 is 2.07 bits per heavy atom. The molecule has 1 N–H and O–H groups in total. The number of benzene rings is 1. The van der Waals surface area contributed by atoms with Gasteiger partial charge in [0, 0.05) is 36.1 Å². The van der Waals surface area contributed by atoms with Gasteiger partial charge in [0.05, 0.1) is 12.7 Å². The third-order valence-corrected chi connectivity index (χ3v) is 7.87. The molecular weight excluding hydrogens is 403 g/mol. The van der Waals surface area contributed by atoms with E-state index in [-0.39, 0.29) is 21.6 Å². The first-order valence-corrected chi connectivity index (χ1v) is 11.2. The first kappa shape index (κ1) is 20.9. The van der Waals surface area contributed by atoms with E-state index < -0.39 is 16.0 Å². The summed E-state index contributed by atoms with van der Waals surface area (Å²) in [5.41, 5.74) is 1.43. The van der Waals surface area contributed by atoms with Gasteiger partial charge in [-0.25, -0.2) is 22.3 Å². The minimum absolute atomic E-state index is 0.00853. The molecule has 0 saturated heterocycles. The van der Waals surface area contributed by atoms with Crippen LogP contribution in [-0.4, -0.2) is 39.0 Å². The molecule has 1 aliphatic heterocycles. The number of hydrogen-bond acceptors (Lipinski definition) is 6. The Balaban J connectivity index is 1.94. The molecule has 152 valence electrons. The van der Waals surface area contributed by atoms with Gasteiger partial charge >= 0.3 is 5.97 Å². The number of nitrogens with zero attached hydrogens (tertiary/aromatic N) is 1. The molecule has 0 amide bonds. The van der Waals surface area contributed by atoms with E-state index in [1.54, 1.807) is 32.0 Å². The Kier molecular flexibility index (Phi) is 6.18. The largest absolute Gasteiger partial charge is 0.465 e. The minimum atomic E-state index is -3.83. The van der Waals surface area contributed by atoms with Crippen molar-refractivity contribution in [2.45, 2.75) is 43.6 Å². The van der Waals surface area contributed by atoms with E-state index in [0.717, 1.165) is 16.2 Å². The molecule has 9 heteroatoms. The van der Waals surface area contributed by atoms with Gasteiger partial charge in [0.15, 0.2) is 0 Å². The van der Waals surface area contributed by atoms with Gasteiger partial charge in [-0.15, -0.1) is 11.3 Å². The Morgan fingerprint density at radius 1 is 1.36 bits per heavy atom. The van der Waals surface area contributed by atoms with E-state index in [1.807, 2.05) is 4.90 Å². The summed E-state index contributed by atoms with van der Waals surface area (Å²) in [7, 11) is -2.59. The predicted molar refractivity (Wildman–Crippen MR) is 105 cm³/mol. The summed E-state index contributed by atoms with van der Waals surface area (Å²) >= 11 is 1.09. The zero-order valence-corrected chi connectivity index (χ0v) is 17.6. The van der Waals surface area contributed by atoms with Gasteiger partial charge in [0.1, 0.15) is 10.0 Å². The summed E-state index contributed by atoms with van der Waals surface area (Å²) in [5.74, 6) is -0.914. The molecule has 2 heterocycles. The van der Waals surface area contributed by atoms with Crippen LogP contribution in [-0.2, 0) is 34.3 Å². The highest BCUT2D eigenvalue weighted by atomic mass is 32.2. The SMILES string of the molecule is COC(=O)c1c(S(=O)(=O)NC(C)C)sc2c1CCN(Cc1ccccc1F)C2. The van der Waals surface area contributed by atoms with E-state index >= 15 is 0 Å². The number of halogens is 1. The Morgan fingerprint density at radius 3 is 2.71 bits per heavy atom. The smallest absolute Gasteiger partial charge is 0.340 e. The van der Waals surface area contributed by atoms with Crippen LogP contribution in [0.15, 0.2) is 28.5 Å². The highest BCUT2D eigenvalue weighted by Gasteiger charge is 2.34. The number of carbonyl (C=O) groups is 1. The van der Waals surface area contributed by atoms with Crippen molar-refractivity contribution >= 4 is 27.3 Å². The molecule has 6 nitrogen and oxygen atoms in total. The molecule has 0 unspecified atom stereocenters. The predicted octanol–water partition coefficient (Wildman–Crippen LogP) is 2.92. The van der Waals surface area contributed by atoms with Gasteiger partial charge < -0.3 is 4.74 Å². The molecule has 0 spiro atoms. The third-order valence-electron chi connectivity index (χ3n) is 4.48. The van der Waals surface area contributed by atoms with Crippen molar-refractivity contribution in [2.24, 2.45) is 0 Å². The first-order chi connectivity index (χ1) is 13.2. The summed E-state index contributed by atoms with van der Waals surface area (Å²) < 4.78 is 46.8. The second-order valence-corrected chi connectivity index (χ2v) is 10.0.